The number of hydrogen-bond acceptors (Lipinski definition) is 2. The quantitative estimate of drug-likeness (QED) is 0.913. The van der Waals surface area contributed by atoms with Crippen LogP contribution in [0.2, 0.25) is 0 Å². The Hall–Kier alpha value is -1.36. The second-order valence-corrected chi connectivity index (χ2v) is 5.49. The summed E-state index contributed by atoms with van der Waals surface area (Å²) in [6.45, 7) is 4.25. The molecule has 3 amide bonds. The summed E-state index contributed by atoms with van der Waals surface area (Å²) in [4.78, 5) is 24.9. The molecule has 0 bridgehead atoms. The second kappa shape index (κ2) is 5.10. The van der Waals surface area contributed by atoms with E-state index in [1.807, 2.05) is 38.1 Å². The van der Waals surface area contributed by atoms with Gasteiger partial charge in [0.15, 0.2) is 0 Å². The van der Waals surface area contributed by atoms with Crippen molar-refractivity contribution >= 4 is 27.9 Å². The van der Waals surface area contributed by atoms with Crippen LogP contribution in [0.15, 0.2) is 28.7 Å². The van der Waals surface area contributed by atoms with E-state index in [2.05, 4.69) is 21.2 Å². The summed E-state index contributed by atoms with van der Waals surface area (Å²) in [6, 6.07) is 7.48. The highest BCUT2D eigenvalue weighted by Crippen LogP contribution is 2.24. The van der Waals surface area contributed by atoms with Crippen molar-refractivity contribution in [1.82, 2.24) is 10.2 Å². The number of carbonyl (C=O) groups is 2. The van der Waals surface area contributed by atoms with Crippen LogP contribution in [-0.4, -0.2) is 23.4 Å². The van der Waals surface area contributed by atoms with Crippen LogP contribution < -0.4 is 5.32 Å². The van der Waals surface area contributed by atoms with Crippen LogP contribution in [0.25, 0.3) is 0 Å². The van der Waals surface area contributed by atoms with Crippen molar-refractivity contribution in [2.24, 2.45) is 5.92 Å². The zero-order valence-electron chi connectivity index (χ0n) is 10.3. The number of imide groups is 1. The van der Waals surface area contributed by atoms with Gasteiger partial charge in [0.2, 0.25) is 5.91 Å². The van der Waals surface area contributed by atoms with Crippen LogP contribution >= 0.6 is 15.9 Å². The number of nitrogens with zero attached hydrogens (tertiary/aromatic N) is 1. The van der Waals surface area contributed by atoms with Gasteiger partial charge in [-0.05, 0) is 24.6 Å². The summed E-state index contributed by atoms with van der Waals surface area (Å²) in [7, 11) is 0. The first-order valence-electron chi connectivity index (χ1n) is 5.86. The highest BCUT2D eigenvalue weighted by Gasteiger charge is 2.32. The van der Waals surface area contributed by atoms with E-state index in [0.29, 0.717) is 6.54 Å². The molecule has 0 radical (unpaired) electrons. The van der Waals surface area contributed by atoms with E-state index in [-0.39, 0.29) is 23.9 Å². The molecule has 1 saturated heterocycles. The molecule has 1 aliphatic rings. The van der Waals surface area contributed by atoms with Crippen molar-refractivity contribution < 1.29 is 9.59 Å². The van der Waals surface area contributed by atoms with E-state index in [9.17, 15) is 9.59 Å². The second-order valence-electron chi connectivity index (χ2n) is 4.58. The smallest absolute Gasteiger partial charge is 0.317 e. The number of nitrogens with one attached hydrogen (secondary N) is 1. The lowest BCUT2D eigenvalue weighted by Gasteiger charge is -2.35. The van der Waals surface area contributed by atoms with Gasteiger partial charge in [-0.15, -0.1) is 0 Å². The number of hydrogen-bond donors (Lipinski definition) is 1. The lowest BCUT2D eigenvalue weighted by molar-refractivity contribution is -0.125. The Balaban J connectivity index is 2.18. The van der Waals surface area contributed by atoms with Gasteiger partial charge < -0.3 is 4.90 Å². The molecule has 2 unspecified atom stereocenters. The number of halogens is 1. The maximum atomic E-state index is 11.8. The first-order valence-corrected chi connectivity index (χ1v) is 6.65. The van der Waals surface area contributed by atoms with Crippen LogP contribution in [0.5, 0.6) is 0 Å². The third kappa shape index (κ3) is 2.56. The van der Waals surface area contributed by atoms with Gasteiger partial charge in [0.05, 0.1) is 12.0 Å². The Bertz CT molecular complexity index is 472. The standard InChI is InChI=1S/C13H15BrN2O2/c1-8-7-16(13(18)15-12(8)17)9(2)10-3-5-11(14)6-4-10/h3-6,8-9H,7H2,1-2H3,(H,15,17,18). The summed E-state index contributed by atoms with van der Waals surface area (Å²) < 4.78 is 1.00. The summed E-state index contributed by atoms with van der Waals surface area (Å²) in [5.41, 5.74) is 1.05. The van der Waals surface area contributed by atoms with Crippen molar-refractivity contribution in [1.29, 1.82) is 0 Å². The lowest BCUT2D eigenvalue weighted by Crippen LogP contribution is -2.54. The molecule has 18 heavy (non-hydrogen) atoms. The average Bonchev–Trinajstić information content (AvgIpc) is 2.34. The molecule has 2 atom stereocenters. The summed E-state index contributed by atoms with van der Waals surface area (Å²) in [6.07, 6.45) is 0. The van der Waals surface area contributed by atoms with Crippen LogP contribution in [0, 0.1) is 5.92 Å². The molecule has 5 heteroatoms. The van der Waals surface area contributed by atoms with Gasteiger partial charge in [-0.3, -0.25) is 10.1 Å². The molecule has 1 aromatic rings. The fourth-order valence-electron chi connectivity index (χ4n) is 2.02. The van der Waals surface area contributed by atoms with E-state index in [4.69, 9.17) is 0 Å². The molecule has 0 saturated carbocycles. The first-order chi connectivity index (χ1) is 8.49. The van der Waals surface area contributed by atoms with Gasteiger partial charge in [0.1, 0.15) is 0 Å². The monoisotopic (exact) mass is 310 g/mol. The Labute approximate surface area is 114 Å². The predicted octanol–water partition coefficient (Wildman–Crippen LogP) is 2.70. The molecule has 4 nitrogen and oxygen atoms in total. The summed E-state index contributed by atoms with van der Waals surface area (Å²) in [5.74, 6) is -0.361. The van der Waals surface area contributed by atoms with Gasteiger partial charge in [0.25, 0.3) is 0 Å². The summed E-state index contributed by atoms with van der Waals surface area (Å²) in [5, 5.41) is 2.38. The molecular weight excluding hydrogens is 296 g/mol. The van der Waals surface area contributed by atoms with Crippen molar-refractivity contribution in [3.63, 3.8) is 0 Å². The highest BCUT2D eigenvalue weighted by atomic mass is 79.9. The molecule has 0 spiro atoms. The zero-order chi connectivity index (χ0) is 13.3. The minimum atomic E-state index is -0.312. The molecule has 0 aliphatic carbocycles. The first kappa shape index (κ1) is 13.1. The van der Waals surface area contributed by atoms with Crippen LogP contribution in [0.1, 0.15) is 25.5 Å². The maximum absolute atomic E-state index is 11.8. The van der Waals surface area contributed by atoms with E-state index in [0.717, 1.165) is 10.0 Å². The van der Waals surface area contributed by atoms with E-state index in [1.165, 1.54) is 0 Å². The molecule has 1 fully saturated rings. The topological polar surface area (TPSA) is 49.4 Å². The fraction of sp³-hybridized carbons (Fsp3) is 0.385. The van der Waals surface area contributed by atoms with Crippen molar-refractivity contribution in [3.8, 4) is 0 Å². The molecule has 0 aromatic heterocycles. The number of amides is 3. The fourth-order valence-corrected chi connectivity index (χ4v) is 2.28. The van der Waals surface area contributed by atoms with Gasteiger partial charge in [-0.1, -0.05) is 35.0 Å². The number of benzene rings is 1. The number of carbonyl (C=O) groups excluding carboxylic acids is 2. The van der Waals surface area contributed by atoms with Gasteiger partial charge >= 0.3 is 6.03 Å². The van der Waals surface area contributed by atoms with Crippen molar-refractivity contribution in [3.05, 3.63) is 34.3 Å². The van der Waals surface area contributed by atoms with E-state index >= 15 is 0 Å². The Kier molecular flexibility index (Phi) is 3.71. The third-order valence-electron chi connectivity index (χ3n) is 3.23. The largest absolute Gasteiger partial charge is 0.324 e. The zero-order valence-corrected chi connectivity index (χ0v) is 11.9. The lowest BCUT2D eigenvalue weighted by atomic mass is 10.0. The third-order valence-corrected chi connectivity index (χ3v) is 3.76. The molecule has 1 aromatic carbocycles. The van der Waals surface area contributed by atoms with Gasteiger partial charge in [-0.2, -0.15) is 0 Å². The van der Waals surface area contributed by atoms with Gasteiger partial charge in [0, 0.05) is 11.0 Å². The Morgan fingerprint density at radius 2 is 1.94 bits per heavy atom. The van der Waals surface area contributed by atoms with Crippen LogP contribution in [0.3, 0.4) is 0 Å². The Morgan fingerprint density at radius 3 is 2.56 bits per heavy atom. The SMILES string of the molecule is CC1CN(C(C)c2ccc(Br)cc2)C(=O)NC1=O. The average molecular weight is 311 g/mol. The number of rotatable bonds is 2. The maximum Gasteiger partial charge on any atom is 0.324 e. The Morgan fingerprint density at radius 1 is 1.33 bits per heavy atom. The minimum Gasteiger partial charge on any atom is -0.317 e. The molecule has 96 valence electrons. The molecule has 2 rings (SSSR count). The molecule has 1 heterocycles. The molecular formula is C13H15BrN2O2. The van der Waals surface area contributed by atoms with E-state index in [1.54, 1.807) is 4.90 Å². The molecule has 1 aliphatic heterocycles. The predicted molar refractivity (Wildman–Crippen MR) is 72.0 cm³/mol. The summed E-state index contributed by atoms with van der Waals surface area (Å²) >= 11 is 3.38. The van der Waals surface area contributed by atoms with Crippen LogP contribution in [0.4, 0.5) is 4.79 Å². The van der Waals surface area contributed by atoms with Crippen LogP contribution in [-0.2, 0) is 4.79 Å². The van der Waals surface area contributed by atoms with Crippen molar-refractivity contribution in [2.45, 2.75) is 19.9 Å². The minimum absolute atomic E-state index is 0.0475. The molecule has 1 N–H and O–H groups in total. The van der Waals surface area contributed by atoms with E-state index < -0.39 is 0 Å². The normalized spacial score (nSPS) is 21.7. The van der Waals surface area contributed by atoms with Gasteiger partial charge in [-0.25, -0.2) is 4.79 Å². The number of urea groups is 1. The van der Waals surface area contributed by atoms with Crippen molar-refractivity contribution in [2.75, 3.05) is 6.54 Å². The highest BCUT2D eigenvalue weighted by molar-refractivity contribution is 9.10.